The van der Waals surface area contributed by atoms with E-state index in [4.69, 9.17) is 16.3 Å². The zero-order chi connectivity index (χ0) is 20.1. The second-order valence-electron chi connectivity index (χ2n) is 6.81. The zero-order valence-corrected chi connectivity index (χ0v) is 17.3. The number of methoxy groups -OCH3 is 1. The number of aromatic nitrogens is 4. The van der Waals surface area contributed by atoms with Gasteiger partial charge in [-0.15, -0.1) is 0 Å². The highest BCUT2D eigenvalue weighted by Gasteiger charge is 2.16. The van der Waals surface area contributed by atoms with Crippen LogP contribution in [0.1, 0.15) is 44.7 Å². The minimum Gasteiger partial charge on any atom is -0.497 e. The van der Waals surface area contributed by atoms with Gasteiger partial charge in [0.25, 0.3) is 5.56 Å². The molecule has 2 heterocycles. The van der Waals surface area contributed by atoms with Gasteiger partial charge in [-0.1, -0.05) is 44.2 Å². The lowest BCUT2D eigenvalue weighted by Crippen LogP contribution is -2.25. The summed E-state index contributed by atoms with van der Waals surface area (Å²) in [5, 5.41) is 0.510. The molecule has 0 atom stereocenters. The van der Waals surface area contributed by atoms with Crippen LogP contribution in [0.25, 0.3) is 22.4 Å². The number of unbranched alkanes of at least 4 members (excludes halogenated alkanes) is 4. The second kappa shape index (κ2) is 9.15. The highest BCUT2D eigenvalue weighted by molar-refractivity contribution is 6.33. The Morgan fingerprint density at radius 1 is 1.14 bits per heavy atom. The van der Waals surface area contributed by atoms with Crippen LogP contribution >= 0.6 is 11.6 Å². The van der Waals surface area contributed by atoms with E-state index in [2.05, 4.69) is 21.9 Å². The molecule has 0 saturated carbocycles. The molecule has 0 saturated heterocycles. The fourth-order valence-corrected chi connectivity index (χ4v) is 3.53. The van der Waals surface area contributed by atoms with E-state index in [0.29, 0.717) is 39.9 Å². The summed E-state index contributed by atoms with van der Waals surface area (Å²) in [6.07, 6.45) is 7.06. The molecule has 2 aromatic heterocycles. The van der Waals surface area contributed by atoms with E-state index in [0.717, 1.165) is 18.4 Å². The lowest BCUT2D eigenvalue weighted by atomic mass is 10.1. The van der Waals surface area contributed by atoms with Gasteiger partial charge in [-0.05, 0) is 31.5 Å². The molecule has 0 aliphatic carbocycles. The summed E-state index contributed by atoms with van der Waals surface area (Å²) in [6.45, 7) is 4.53. The molecule has 0 aliphatic rings. The highest BCUT2D eigenvalue weighted by atomic mass is 35.5. The van der Waals surface area contributed by atoms with Gasteiger partial charge in [-0.25, -0.2) is 15.0 Å². The van der Waals surface area contributed by atoms with Gasteiger partial charge in [0, 0.05) is 12.1 Å². The maximum Gasteiger partial charge on any atom is 0.273 e. The molecular weight excluding hydrogens is 376 g/mol. The van der Waals surface area contributed by atoms with Crippen LogP contribution in [0.3, 0.4) is 0 Å². The summed E-state index contributed by atoms with van der Waals surface area (Å²) in [7, 11) is 1.59. The van der Waals surface area contributed by atoms with Gasteiger partial charge in [-0.2, -0.15) is 0 Å². The Labute approximate surface area is 169 Å². The number of benzene rings is 1. The van der Waals surface area contributed by atoms with Crippen LogP contribution in [0.15, 0.2) is 29.3 Å². The van der Waals surface area contributed by atoms with Crippen LogP contribution in [-0.4, -0.2) is 26.6 Å². The van der Waals surface area contributed by atoms with Crippen molar-refractivity contribution in [1.29, 1.82) is 0 Å². The molecule has 6 nitrogen and oxygen atoms in total. The Morgan fingerprint density at radius 2 is 1.93 bits per heavy atom. The molecule has 0 amide bonds. The molecule has 28 heavy (non-hydrogen) atoms. The smallest absolute Gasteiger partial charge is 0.273 e. The molecule has 0 bridgehead atoms. The zero-order valence-electron chi connectivity index (χ0n) is 16.5. The number of hydrogen-bond acceptors (Lipinski definition) is 5. The van der Waals surface area contributed by atoms with E-state index in [-0.39, 0.29) is 5.56 Å². The van der Waals surface area contributed by atoms with Crippen molar-refractivity contribution in [1.82, 2.24) is 19.5 Å². The van der Waals surface area contributed by atoms with Crippen molar-refractivity contribution in [3.05, 3.63) is 45.6 Å². The monoisotopic (exact) mass is 400 g/mol. The molecular formula is C21H25ClN4O2. The molecule has 3 aromatic rings. The number of halogens is 1. The third-order valence-corrected chi connectivity index (χ3v) is 5.12. The Bertz CT molecular complexity index is 1030. The van der Waals surface area contributed by atoms with Gasteiger partial charge in [0.2, 0.25) is 0 Å². The third-order valence-electron chi connectivity index (χ3n) is 4.81. The fourth-order valence-electron chi connectivity index (χ4n) is 3.27. The van der Waals surface area contributed by atoms with Crippen molar-refractivity contribution in [3.8, 4) is 17.0 Å². The van der Waals surface area contributed by atoms with Crippen molar-refractivity contribution in [2.24, 2.45) is 0 Å². The van der Waals surface area contributed by atoms with Crippen LogP contribution in [0.2, 0.25) is 5.02 Å². The standard InChI is InChI=1S/C21H25ClN4O2/c1-4-5-6-7-8-11-26-20-19(25-14(2)21(26)27)18(23-13-24-20)16-10-9-15(28-3)12-17(16)22/h9-10,12-13H,4-8,11H2,1-3H3. The quantitative estimate of drug-likeness (QED) is 0.508. The number of aryl methyl sites for hydroxylation is 2. The molecule has 0 spiro atoms. The predicted octanol–water partition coefficient (Wildman–Crippen LogP) is 4.79. The molecule has 0 unspecified atom stereocenters. The van der Waals surface area contributed by atoms with Crippen LogP contribution in [-0.2, 0) is 6.54 Å². The van der Waals surface area contributed by atoms with Crippen molar-refractivity contribution in [3.63, 3.8) is 0 Å². The lowest BCUT2D eigenvalue weighted by Gasteiger charge is -2.13. The van der Waals surface area contributed by atoms with Gasteiger partial charge in [0.15, 0.2) is 5.65 Å². The van der Waals surface area contributed by atoms with E-state index in [1.807, 2.05) is 12.1 Å². The first-order chi connectivity index (χ1) is 13.6. The summed E-state index contributed by atoms with van der Waals surface area (Å²) < 4.78 is 6.94. The van der Waals surface area contributed by atoms with E-state index in [1.54, 1.807) is 24.7 Å². The van der Waals surface area contributed by atoms with Crippen LogP contribution < -0.4 is 10.3 Å². The van der Waals surface area contributed by atoms with E-state index < -0.39 is 0 Å². The maximum absolute atomic E-state index is 12.7. The van der Waals surface area contributed by atoms with E-state index in [1.165, 1.54) is 25.6 Å². The number of rotatable bonds is 8. The fraction of sp³-hybridized carbons (Fsp3) is 0.429. The summed E-state index contributed by atoms with van der Waals surface area (Å²) in [5.41, 5.74) is 2.80. The SMILES string of the molecule is CCCCCCCn1c(=O)c(C)nc2c(-c3ccc(OC)cc3Cl)ncnc21. The Balaban J connectivity index is 2.06. The summed E-state index contributed by atoms with van der Waals surface area (Å²) >= 11 is 6.45. The molecule has 148 valence electrons. The van der Waals surface area contributed by atoms with Crippen molar-refractivity contribution in [2.75, 3.05) is 7.11 Å². The maximum atomic E-state index is 12.7. The molecule has 3 rings (SSSR count). The van der Waals surface area contributed by atoms with E-state index in [9.17, 15) is 4.79 Å². The van der Waals surface area contributed by atoms with Gasteiger partial charge in [0.05, 0.1) is 12.1 Å². The largest absolute Gasteiger partial charge is 0.497 e. The van der Waals surface area contributed by atoms with Crippen LogP contribution in [0.5, 0.6) is 5.75 Å². The van der Waals surface area contributed by atoms with E-state index >= 15 is 0 Å². The van der Waals surface area contributed by atoms with Crippen LogP contribution in [0.4, 0.5) is 0 Å². The number of nitrogens with zero attached hydrogens (tertiary/aromatic N) is 4. The first kappa shape index (κ1) is 20.3. The lowest BCUT2D eigenvalue weighted by molar-refractivity contribution is 0.415. The first-order valence-corrected chi connectivity index (χ1v) is 10.0. The average Bonchev–Trinajstić information content (AvgIpc) is 2.70. The van der Waals surface area contributed by atoms with Gasteiger partial charge in [-0.3, -0.25) is 9.36 Å². The Morgan fingerprint density at radius 3 is 2.64 bits per heavy atom. The number of ether oxygens (including phenoxy) is 1. The van der Waals surface area contributed by atoms with Crippen molar-refractivity contribution in [2.45, 2.75) is 52.5 Å². The molecule has 0 aliphatic heterocycles. The van der Waals surface area contributed by atoms with Gasteiger partial charge >= 0.3 is 0 Å². The molecule has 7 heteroatoms. The first-order valence-electron chi connectivity index (χ1n) is 9.62. The number of hydrogen-bond donors (Lipinski definition) is 0. The molecule has 0 fully saturated rings. The molecule has 0 N–H and O–H groups in total. The summed E-state index contributed by atoms with van der Waals surface area (Å²) in [5.74, 6) is 0.667. The molecule has 1 aromatic carbocycles. The normalized spacial score (nSPS) is 11.1. The second-order valence-corrected chi connectivity index (χ2v) is 7.22. The van der Waals surface area contributed by atoms with Gasteiger partial charge in [0.1, 0.15) is 29.0 Å². The minimum absolute atomic E-state index is 0.103. The Hall–Kier alpha value is -2.47. The summed E-state index contributed by atoms with van der Waals surface area (Å²) in [6, 6.07) is 5.41. The van der Waals surface area contributed by atoms with Crippen molar-refractivity contribution < 1.29 is 4.74 Å². The van der Waals surface area contributed by atoms with Crippen LogP contribution in [0, 0.1) is 6.92 Å². The minimum atomic E-state index is -0.103. The topological polar surface area (TPSA) is 69.9 Å². The average molecular weight is 401 g/mol. The van der Waals surface area contributed by atoms with Gasteiger partial charge < -0.3 is 4.74 Å². The van der Waals surface area contributed by atoms with Crippen molar-refractivity contribution >= 4 is 22.8 Å². The number of fused-ring (bicyclic) bond motifs is 1. The highest BCUT2D eigenvalue weighted by Crippen LogP contribution is 2.32. The third kappa shape index (κ3) is 4.17. The molecule has 0 radical (unpaired) electrons. The Kier molecular flexibility index (Phi) is 6.62. The predicted molar refractivity (Wildman–Crippen MR) is 112 cm³/mol. The summed E-state index contributed by atoms with van der Waals surface area (Å²) in [4.78, 5) is 26.0.